The molecule has 147 valence electrons. The fourth-order valence-electron chi connectivity index (χ4n) is 3.37. The van der Waals surface area contributed by atoms with Gasteiger partial charge in [-0.1, -0.05) is 17.7 Å². The molecule has 0 aliphatic carbocycles. The summed E-state index contributed by atoms with van der Waals surface area (Å²) in [6, 6.07) is 9.11. The van der Waals surface area contributed by atoms with Gasteiger partial charge in [0.05, 0.1) is 9.85 Å². The van der Waals surface area contributed by atoms with Crippen LogP contribution < -0.4 is 16.4 Å². The fourth-order valence-corrected chi connectivity index (χ4v) is 4.33. The molecule has 4 rings (SSSR count). The Kier molecular flexibility index (Phi) is 5.21. The van der Waals surface area contributed by atoms with Gasteiger partial charge in [-0.15, -0.1) is 11.3 Å². The summed E-state index contributed by atoms with van der Waals surface area (Å²) in [4.78, 5) is 34.1. The minimum atomic E-state index is -1.14. The number of halogens is 1. The SMILES string of the molecule is Nc1ncnc2cc(C[C@]3([N]C(=O)C=Cc4ccc(Cl)s4)CCNC3=O)ccc12. The van der Waals surface area contributed by atoms with Gasteiger partial charge in [0.2, 0.25) is 5.91 Å². The quantitative estimate of drug-likeness (QED) is 0.609. The van der Waals surface area contributed by atoms with Crippen LogP contribution in [0.4, 0.5) is 5.82 Å². The van der Waals surface area contributed by atoms with Gasteiger partial charge in [-0.2, -0.15) is 0 Å². The lowest BCUT2D eigenvalue weighted by Gasteiger charge is -2.24. The van der Waals surface area contributed by atoms with Gasteiger partial charge in [0.25, 0.3) is 5.91 Å². The maximum atomic E-state index is 12.6. The van der Waals surface area contributed by atoms with Crippen molar-refractivity contribution in [1.82, 2.24) is 20.6 Å². The van der Waals surface area contributed by atoms with Crippen LogP contribution in [0.2, 0.25) is 4.34 Å². The van der Waals surface area contributed by atoms with Crippen LogP contribution in [0.15, 0.2) is 42.7 Å². The highest BCUT2D eigenvalue weighted by atomic mass is 35.5. The molecule has 1 atom stereocenters. The van der Waals surface area contributed by atoms with E-state index >= 15 is 0 Å². The normalized spacial score (nSPS) is 19.0. The van der Waals surface area contributed by atoms with Crippen LogP contribution >= 0.6 is 22.9 Å². The van der Waals surface area contributed by atoms with Crippen LogP contribution in [0, 0.1) is 0 Å². The monoisotopic (exact) mass is 426 g/mol. The average molecular weight is 427 g/mol. The number of thiophene rings is 1. The van der Waals surface area contributed by atoms with Crippen molar-refractivity contribution >= 4 is 57.5 Å². The van der Waals surface area contributed by atoms with Crippen molar-refractivity contribution in [1.29, 1.82) is 0 Å². The van der Waals surface area contributed by atoms with Gasteiger partial charge in [0.1, 0.15) is 17.7 Å². The first kappa shape index (κ1) is 19.4. The van der Waals surface area contributed by atoms with E-state index in [-0.39, 0.29) is 5.91 Å². The zero-order chi connectivity index (χ0) is 20.4. The Morgan fingerprint density at radius 3 is 2.93 bits per heavy atom. The van der Waals surface area contributed by atoms with Crippen molar-refractivity contribution in [3.05, 3.63) is 57.5 Å². The second-order valence-electron chi connectivity index (χ2n) is 6.75. The summed E-state index contributed by atoms with van der Waals surface area (Å²) in [7, 11) is 0. The number of hydrogen-bond acceptors (Lipinski definition) is 6. The Labute approximate surface area is 176 Å². The third-order valence-corrected chi connectivity index (χ3v) is 5.98. The van der Waals surface area contributed by atoms with E-state index in [2.05, 4.69) is 20.6 Å². The molecule has 1 aromatic carbocycles. The van der Waals surface area contributed by atoms with Crippen LogP contribution in [0.25, 0.3) is 17.0 Å². The molecule has 0 unspecified atom stereocenters. The summed E-state index contributed by atoms with van der Waals surface area (Å²) in [5, 5.41) is 7.81. The first-order valence-electron chi connectivity index (χ1n) is 8.93. The fraction of sp³-hybridized carbons (Fsp3) is 0.200. The van der Waals surface area contributed by atoms with Crippen molar-refractivity contribution < 1.29 is 9.59 Å². The Morgan fingerprint density at radius 1 is 1.34 bits per heavy atom. The van der Waals surface area contributed by atoms with Gasteiger partial charge in [0, 0.05) is 29.3 Å². The van der Waals surface area contributed by atoms with E-state index in [4.69, 9.17) is 17.3 Å². The maximum absolute atomic E-state index is 12.6. The molecule has 0 saturated carbocycles. The second kappa shape index (κ2) is 7.81. The van der Waals surface area contributed by atoms with Crippen LogP contribution in [-0.4, -0.2) is 33.9 Å². The number of amides is 2. The molecule has 3 heterocycles. The smallest absolute Gasteiger partial charge is 0.266 e. The average Bonchev–Trinajstić information content (AvgIpc) is 3.26. The molecule has 3 aromatic rings. The van der Waals surface area contributed by atoms with E-state index in [1.165, 1.54) is 23.7 Å². The molecule has 1 saturated heterocycles. The van der Waals surface area contributed by atoms with Gasteiger partial charge >= 0.3 is 0 Å². The zero-order valence-corrected chi connectivity index (χ0v) is 16.8. The number of aromatic nitrogens is 2. The predicted octanol–water partition coefficient (Wildman–Crippen LogP) is 2.57. The molecule has 9 heteroatoms. The molecule has 0 spiro atoms. The number of nitrogens with zero attached hydrogens (tertiary/aromatic N) is 3. The van der Waals surface area contributed by atoms with E-state index in [9.17, 15) is 9.59 Å². The van der Waals surface area contributed by atoms with Crippen LogP contribution in [0.1, 0.15) is 16.9 Å². The molecule has 3 N–H and O–H groups in total. The van der Waals surface area contributed by atoms with E-state index in [0.717, 1.165) is 15.8 Å². The molecule has 2 amide bonds. The van der Waals surface area contributed by atoms with Gasteiger partial charge in [-0.3, -0.25) is 9.59 Å². The lowest BCUT2D eigenvalue weighted by atomic mass is 9.88. The van der Waals surface area contributed by atoms with Gasteiger partial charge in [-0.25, -0.2) is 15.3 Å². The predicted molar refractivity (Wildman–Crippen MR) is 114 cm³/mol. The zero-order valence-electron chi connectivity index (χ0n) is 15.3. The highest BCUT2D eigenvalue weighted by molar-refractivity contribution is 7.17. The number of carbonyl (C=O) groups excluding carboxylic acids is 2. The summed E-state index contributed by atoms with van der Waals surface area (Å²) >= 11 is 7.26. The van der Waals surface area contributed by atoms with E-state index in [0.29, 0.717) is 35.1 Å². The second-order valence-corrected chi connectivity index (χ2v) is 8.50. The number of nitrogen functional groups attached to an aromatic ring is 1. The molecule has 0 bridgehead atoms. The third kappa shape index (κ3) is 4.08. The first-order chi connectivity index (χ1) is 13.9. The molecule has 2 aromatic heterocycles. The summed E-state index contributed by atoms with van der Waals surface area (Å²) in [5.41, 5.74) is 6.27. The highest BCUT2D eigenvalue weighted by Gasteiger charge is 2.45. The molecular weight excluding hydrogens is 410 g/mol. The standard InChI is InChI=1S/C20H17ClN5O2S/c21-16-5-2-13(29-16)3-6-17(27)26-20(7-8-23-19(20)28)10-12-1-4-14-15(9-12)24-11-25-18(14)22/h1-6,9,11H,7-8,10H2,(H,23,28)(H2,22,24,25)/t20-/m1/s1. The molecule has 1 radical (unpaired) electrons. The van der Waals surface area contributed by atoms with E-state index in [1.54, 1.807) is 12.1 Å². The van der Waals surface area contributed by atoms with Crippen molar-refractivity contribution in [2.75, 3.05) is 12.3 Å². The summed E-state index contributed by atoms with van der Waals surface area (Å²) in [6.07, 6.45) is 5.15. The number of nitrogens with two attached hydrogens (primary N) is 1. The molecule has 1 fully saturated rings. The van der Waals surface area contributed by atoms with Crippen molar-refractivity contribution in [2.45, 2.75) is 18.4 Å². The molecule has 29 heavy (non-hydrogen) atoms. The van der Waals surface area contributed by atoms with Crippen molar-refractivity contribution in [2.24, 2.45) is 0 Å². The number of benzene rings is 1. The highest BCUT2D eigenvalue weighted by Crippen LogP contribution is 2.27. The van der Waals surface area contributed by atoms with Crippen LogP contribution in [0.5, 0.6) is 0 Å². The lowest BCUT2D eigenvalue weighted by molar-refractivity contribution is -0.129. The number of rotatable bonds is 5. The minimum absolute atomic E-state index is 0.249. The Balaban J connectivity index is 1.56. The van der Waals surface area contributed by atoms with E-state index in [1.807, 2.05) is 24.3 Å². The maximum Gasteiger partial charge on any atom is 0.266 e. The number of carbonyl (C=O) groups is 2. The number of anilines is 1. The van der Waals surface area contributed by atoms with Crippen LogP contribution in [-0.2, 0) is 16.0 Å². The van der Waals surface area contributed by atoms with Gasteiger partial charge < -0.3 is 11.1 Å². The lowest BCUT2D eigenvalue weighted by Crippen LogP contribution is -2.50. The molecular formula is C20H17ClN5O2S. The Morgan fingerprint density at radius 2 is 2.21 bits per heavy atom. The van der Waals surface area contributed by atoms with Crippen molar-refractivity contribution in [3.63, 3.8) is 0 Å². The van der Waals surface area contributed by atoms with Crippen molar-refractivity contribution in [3.8, 4) is 0 Å². The van der Waals surface area contributed by atoms with Gasteiger partial charge in [-0.05, 0) is 42.3 Å². The number of nitrogens with one attached hydrogen (secondary N) is 1. The minimum Gasteiger partial charge on any atom is -0.383 e. The number of hydrogen-bond donors (Lipinski definition) is 2. The van der Waals surface area contributed by atoms with E-state index < -0.39 is 11.4 Å². The summed E-state index contributed by atoms with van der Waals surface area (Å²) in [6.45, 7) is 0.475. The van der Waals surface area contributed by atoms with Gasteiger partial charge in [0.15, 0.2) is 0 Å². The summed E-state index contributed by atoms with van der Waals surface area (Å²) in [5.74, 6) is -0.312. The topological polar surface area (TPSA) is 112 Å². The first-order valence-corrected chi connectivity index (χ1v) is 10.1. The largest absolute Gasteiger partial charge is 0.383 e. The third-order valence-electron chi connectivity index (χ3n) is 4.78. The van der Waals surface area contributed by atoms with Crippen LogP contribution in [0.3, 0.4) is 0 Å². The summed E-state index contributed by atoms with van der Waals surface area (Å²) < 4.78 is 0.640. The Bertz CT molecular complexity index is 1130. The molecule has 1 aliphatic rings. The Hall–Kier alpha value is -2.97. The molecule has 7 nitrogen and oxygen atoms in total. The molecule has 1 aliphatic heterocycles. The number of fused-ring (bicyclic) bond motifs is 1.